The molecule has 1 aromatic heterocycles. The van der Waals surface area contributed by atoms with E-state index in [1.165, 1.54) is 18.9 Å². The SMILES string of the molecule is FC(F)(F)c1cccc(-c2ccc(CN3CCN4CCC3CC4)o2)c1. The summed E-state index contributed by atoms with van der Waals surface area (Å²) in [6, 6.07) is 9.53. The smallest absolute Gasteiger partial charge is 0.416 e. The van der Waals surface area contributed by atoms with Gasteiger partial charge in [0.15, 0.2) is 0 Å². The number of halogens is 3. The monoisotopic (exact) mass is 350 g/mol. The molecule has 3 saturated heterocycles. The fraction of sp³-hybridized carbons (Fsp3) is 0.474. The van der Waals surface area contributed by atoms with Crippen molar-refractivity contribution in [2.45, 2.75) is 31.6 Å². The van der Waals surface area contributed by atoms with Gasteiger partial charge in [-0.1, -0.05) is 12.1 Å². The molecule has 2 aromatic rings. The Bertz CT molecular complexity index is 732. The number of piperidine rings is 1. The van der Waals surface area contributed by atoms with Crippen LogP contribution in [0, 0.1) is 0 Å². The van der Waals surface area contributed by atoms with Crippen molar-refractivity contribution in [1.29, 1.82) is 0 Å². The summed E-state index contributed by atoms with van der Waals surface area (Å²) in [5.41, 5.74) is -0.189. The second-order valence-electron chi connectivity index (χ2n) is 6.89. The molecule has 0 atom stereocenters. The van der Waals surface area contributed by atoms with Crippen molar-refractivity contribution in [3.8, 4) is 11.3 Å². The number of hydrogen-bond acceptors (Lipinski definition) is 3. The van der Waals surface area contributed by atoms with Gasteiger partial charge in [-0.05, 0) is 50.2 Å². The topological polar surface area (TPSA) is 19.6 Å². The van der Waals surface area contributed by atoms with Crippen LogP contribution < -0.4 is 0 Å². The first-order chi connectivity index (χ1) is 12.0. The molecule has 3 nitrogen and oxygen atoms in total. The highest BCUT2D eigenvalue weighted by Gasteiger charge is 2.31. The minimum absolute atomic E-state index is 0.462. The van der Waals surface area contributed by atoms with Gasteiger partial charge in [0.1, 0.15) is 11.5 Å². The van der Waals surface area contributed by atoms with E-state index in [4.69, 9.17) is 4.42 Å². The number of fused-ring (bicyclic) bond motifs is 4. The van der Waals surface area contributed by atoms with E-state index in [9.17, 15) is 13.2 Å². The summed E-state index contributed by atoms with van der Waals surface area (Å²) in [7, 11) is 0. The minimum atomic E-state index is -4.34. The summed E-state index contributed by atoms with van der Waals surface area (Å²) >= 11 is 0. The maximum atomic E-state index is 12.9. The van der Waals surface area contributed by atoms with Gasteiger partial charge in [0.05, 0.1) is 12.1 Å². The molecule has 134 valence electrons. The molecular weight excluding hydrogens is 329 g/mol. The molecule has 3 aliphatic heterocycles. The number of hydrogen-bond donors (Lipinski definition) is 0. The summed E-state index contributed by atoms with van der Waals surface area (Å²) in [5, 5.41) is 0. The second-order valence-corrected chi connectivity index (χ2v) is 6.89. The Morgan fingerprint density at radius 1 is 1.00 bits per heavy atom. The molecule has 0 aliphatic carbocycles. The summed E-state index contributed by atoms with van der Waals surface area (Å²) in [6.07, 6.45) is -1.98. The van der Waals surface area contributed by atoms with Crippen molar-refractivity contribution >= 4 is 0 Å². The molecule has 2 bridgehead atoms. The third-order valence-corrected chi connectivity index (χ3v) is 5.27. The maximum absolute atomic E-state index is 12.9. The zero-order chi connectivity index (χ0) is 17.4. The highest BCUT2D eigenvalue weighted by molar-refractivity contribution is 5.58. The Morgan fingerprint density at radius 2 is 1.80 bits per heavy atom. The van der Waals surface area contributed by atoms with Crippen molar-refractivity contribution in [2.75, 3.05) is 26.2 Å². The summed E-state index contributed by atoms with van der Waals surface area (Å²) in [6.45, 7) is 5.14. The first kappa shape index (κ1) is 16.7. The van der Waals surface area contributed by atoms with E-state index < -0.39 is 11.7 Å². The summed E-state index contributed by atoms with van der Waals surface area (Å²) in [5.74, 6) is 1.30. The number of rotatable bonds is 3. The number of alkyl halides is 3. The Morgan fingerprint density at radius 3 is 2.56 bits per heavy atom. The lowest BCUT2D eigenvalue weighted by atomic mass is 10.1. The summed E-state index contributed by atoms with van der Waals surface area (Å²) < 4.78 is 44.5. The van der Waals surface area contributed by atoms with Crippen LogP contribution in [0.4, 0.5) is 13.2 Å². The van der Waals surface area contributed by atoms with Crippen LogP contribution in [0.5, 0.6) is 0 Å². The highest BCUT2D eigenvalue weighted by atomic mass is 19.4. The third kappa shape index (κ3) is 3.60. The van der Waals surface area contributed by atoms with Gasteiger partial charge in [0.2, 0.25) is 0 Å². The molecule has 3 fully saturated rings. The number of benzene rings is 1. The van der Waals surface area contributed by atoms with E-state index in [1.807, 2.05) is 6.07 Å². The quantitative estimate of drug-likeness (QED) is 0.825. The number of nitrogens with zero attached hydrogens (tertiary/aromatic N) is 2. The molecule has 0 unspecified atom stereocenters. The van der Waals surface area contributed by atoms with Crippen LogP contribution in [0.1, 0.15) is 24.2 Å². The van der Waals surface area contributed by atoms with E-state index in [-0.39, 0.29) is 0 Å². The highest BCUT2D eigenvalue weighted by Crippen LogP contribution is 2.33. The molecule has 0 amide bonds. The Kier molecular flexibility index (Phi) is 4.33. The van der Waals surface area contributed by atoms with Crippen molar-refractivity contribution in [1.82, 2.24) is 9.80 Å². The molecule has 3 aliphatic rings. The Labute approximate surface area is 145 Å². The normalized spacial score (nSPS) is 24.4. The molecule has 0 spiro atoms. The fourth-order valence-corrected chi connectivity index (χ4v) is 3.84. The summed E-state index contributed by atoms with van der Waals surface area (Å²) in [4.78, 5) is 4.94. The van der Waals surface area contributed by atoms with E-state index in [0.717, 1.165) is 50.6 Å². The van der Waals surface area contributed by atoms with Gasteiger partial charge in [-0.2, -0.15) is 13.2 Å². The van der Waals surface area contributed by atoms with Gasteiger partial charge in [0.25, 0.3) is 0 Å². The molecule has 25 heavy (non-hydrogen) atoms. The van der Waals surface area contributed by atoms with Crippen LogP contribution in [0.25, 0.3) is 11.3 Å². The second kappa shape index (κ2) is 6.50. The molecule has 6 heteroatoms. The Balaban J connectivity index is 1.51. The molecule has 0 N–H and O–H groups in total. The van der Waals surface area contributed by atoms with Crippen molar-refractivity contribution in [2.24, 2.45) is 0 Å². The van der Waals surface area contributed by atoms with Crippen LogP contribution in [0.2, 0.25) is 0 Å². The van der Waals surface area contributed by atoms with Gasteiger partial charge in [-0.25, -0.2) is 0 Å². The standard InChI is InChI=1S/C19H21F3N2O/c20-19(21,22)15-3-1-2-14(12-15)18-5-4-17(25-18)13-24-11-10-23-8-6-16(24)7-9-23/h1-5,12,16H,6-11,13H2. The lowest BCUT2D eigenvalue weighted by Gasteiger charge is -2.30. The first-order valence-corrected chi connectivity index (χ1v) is 8.72. The van der Waals surface area contributed by atoms with Crippen molar-refractivity contribution in [3.05, 3.63) is 47.7 Å². The predicted octanol–water partition coefficient (Wildman–Crippen LogP) is 4.25. The number of furan rings is 1. The molecule has 0 radical (unpaired) electrons. The lowest BCUT2D eigenvalue weighted by Crippen LogP contribution is -2.37. The first-order valence-electron chi connectivity index (χ1n) is 8.72. The lowest BCUT2D eigenvalue weighted by molar-refractivity contribution is -0.137. The molecular formula is C19H21F3N2O. The minimum Gasteiger partial charge on any atom is -0.460 e. The molecule has 0 saturated carbocycles. The molecule has 4 heterocycles. The third-order valence-electron chi connectivity index (χ3n) is 5.27. The van der Waals surface area contributed by atoms with E-state index >= 15 is 0 Å². The van der Waals surface area contributed by atoms with Crippen molar-refractivity contribution < 1.29 is 17.6 Å². The van der Waals surface area contributed by atoms with Gasteiger partial charge < -0.3 is 9.32 Å². The van der Waals surface area contributed by atoms with E-state index in [2.05, 4.69) is 9.80 Å². The molecule has 5 rings (SSSR count). The van der Waals surface area contributed by atoms with Crippen molar-refractivity contribution in [3.63, 3.8) is 0 Å². The average molecular weight is 350 g/mol. The van der Waals surface area contributed by atoms with Crippen LogP contribution in [0.3, 0.4) is 0 Å². The van der Waals surface area contributed by atoms with Gasteiger partial charge >= 0.3 is 6.18 Å². The zero-order valence-electron chi connectivity index (χ0n) is 13.9. The van der Waals surface area contributed by atoms with Crippen LogP contribution in [-0.4, -0.2) is 42.0 Å². The molecule has 1 aromatic carbocycles. The van der Waals surface area contributed by atoms with E-state index in [1.54, 1.807) is 12.1 Å². The largest absolute Gasteiger partial charge is 0.460 e. The van der Waals surface area contributed by atoms with Crippen LogP contribution >= 0.6 is 0 Å². The van der Waals surface area contributed by atoms with E-state index in [0.29, 0.717) is 17.4 Å². The van der Waals surface area contributed by atoms with Crippen LogP contribution in [0.15, 0.2) is 40.8 Å². The average Bonchev–Trinajstić information content (AvgIpc) is 2.89. The maximum Gasteiger partial charge on any atom is 0.416 e. The van der Waals surface area contributed by atoms with Crippen LogP contribution in [-0.2, 0) is 12.7 Å². The fourth-order valence-electron chi connectivity index (χ4n) is 3.84. The van der Waals surface area contributed by atoms with Gasteiger partial charge in [-0.3, -0.25) is 4.90 Å². The predicted molar refractivity (Wildman–Crippen MR) is 89.0 cm³/mol. The zero-order valence-corrected chi connectivity index (χ0v) is 13.9. The Hall–Kier alpha value is -1.79. The van der Waals surface area contributed by atoms with Gasteiger partial charge in [-0.15, -0.1) is 0 Å². The van der Waals surface area contributed by atoms with Gasteiger partial charge in [0, 0.05) is 24.7 Å².